The Morgan fingerprint density at radius 2 is 1.82 bits per heavy atom. The summed E-state index contributed by atoms with van der Waals surface area (Å²) < 4.78 is 15.0. The molecule has 0 atom stereocenters. The molecule has 7 heteroatoms. The fourth-order valence-corrected chi connectivity index (χ4v) is 3.06. The van der Waals surface area contributed by atoms with Gasteiger partial charge in [-0.15, -0.1) is 5.10 Å². The fraction of sp³-hybridized carbons (Fsp3) is 0.333. The van der Waals surface area contributed by atoms with E-state index in [-0.39, 0.29) is 17.3 Å². The van der Waals surface area contributed by atoms with Gasteiger partial charge in [0.15, 0.2) is 5.82 Å². The number of rotatable bonds is 4. The number of nitrogens with one attached hydrogen (secondary N) is 1. The first-order valence-corrected chi connectivity index (χ1v) is 9.32. The maximum Gasteiger partial charge on any atom is 0.251 e. The lowest BCUT2D eigenvalue weighted by molar-refractivity contribution is 0.0919. The number of carbonyl (C=O) groups excluding carboxylic acids is 1. The van der Waals surface area contributed by atoms with Crippen molar-refractivity contribution in [2.75, 3.05) is 0 Å². The van der Waals surface area contributed by atoms with Gasteiger partial charge in [-0.2, -0.15) is 4.68 Å². The molecule has 0 saturated heterocycles. The van der Waals surface area contributed by atoms with Crippen molar-refractivity contribution in [2.24, 2.45) is 0 Å². The van der Waals surface area contributed by atoms with Gasteiger partial charge in [0, 0.05) is 17.0 Å². The average Bonchev–Trinajstić information content (AvgIpc) is 3.37. The van der Waals surface area contributed by atoms with E-state index in [0.717, 1.165) is 29.8 Å². The molecule has 6 nitrogen and oxygen atoms in total. The lowest BCUT2D eigenvalue weighted by Gasteiger charge is -2.21. The quantitative estimate of drug-likeness (QED) is 0.747. The van der Waals surface area contributed by atoms with Crippen molar-refractivity contribution in [1.82, 2.24) is 25.5 Å². The molecule has 0 radical (unpaired) electrons. The van der Waals surface area contributed by atoms with Crippen molar-refractivity contribution in [3.05, 3.63) is 59.7 Å². The van der Waals surface area contributed by atoms with E-state index in [4.69, 9.17) is 0 Å². The topological polar surface area (TPSA) is 72.7 Å². The standard InChI is InChI=1S/C21H22FN5O/c1-21(2,3)23-20(28)16-10-15(13-6-8-17(22)9-7-13)11-18(12-16)27-19(14-4-5-14)24-25-26-27/h6-12,14H,4-5H2,1-3H3,(H,23,28). The Hall–Kier alpha value is -3.09. The van der Waals surface area contributed by atoms with Gasteiger partial charge in [-0.25, -0.2) is 4.39 Å². The van der Waals surface area contributed by atoms with Crippen LogP contribution in [0.2, 0.25) is 0 Å². The SMILES string of the molecule is CC(C)(C)NC(=O)c1cc(-c2ccc(F)cc2)cc(-n2nnnc2C2CC2)c1. The third kappa shape index (κ3) is 3.93. The molecular formula is C21H22FN5O. The van der Waals surface area contributed by atoms with Gasteiger partial charge in [-0.3, -0.25) is 4.79 Å². The van der Waals surface area contributed by atoms with Crippen molar-refractivity contribution in [3.63, 3.8) is 0 Å². The zero-order valence-electron chi connectivity index (χ0n) is 16.1. The highest BCUT2D eigenvalue weighted by molar-refractivity contribution is 5.96. The molecule has 1 fully saturated rings. The predicted molar refractivity (Wildman–Crippen MR) is 104 cm³/mol. The maximum atomic E-state index is 13.4. The Kier molecular flexibility index (Phi) is 4.45. The van der Waals surface area contributed by atoms with Crippen molar-refractivity contribution in [3.8, 4) is 16.8 Å². The molecular weight excluding hydrogens is 357 g/mol. The summed E-state index contributed by atoms with van der Waals surface area (Å²) >= 11 is 0. The van der Waals surface area contributed by atoms with Crippen LogP contribution in [-0.4, -0.2) is 31.7 Å². The zero-order valence-corrected chi connectivity index (χ0v) is 16.1. The maximum absolute atomic E-state index is 13.4. The molecule has 0 aliphatic heterocycles. The highest BCUT2D eigenvalue weighted by Crippen LogP contribution is 2.39. The van der Waals surface area contributed by atoms with Crippen LogP contribution in [0.4, 0.5) is 4.39 Å². The summed E-state index contributed by atoms with van der Waals surface area (Å²) in [4.78, 5) is 12.8. The minimum absolute atomic E-state index is 0.182. The number of hydrogen-bond donors (Lipinski definition) is 1. The molecule has 144 valence electrons. The summed E-state index contributed by atoms with van der Waals surface area (Å²) in [7, 11) is 0. The van der Waals surface area contributed by atoms with E-state index in [9.17, 15) is 9.18 Å². The van der Waals surface area contributed by atoms with Gasteiger partial charge in [0.05, 0.1) is 5.69 Å². The van der Waals surface area contributed by atoms with Gasteiger partial charge in [-0.1, -0.05) is 12.1 Å². The molecule has 1 saturated carbocycles. The van der Waals surface area contributed by atoms with Crippen LogP contribution in [0, 0.1) is 5.82 Å². The lowest BCUT2D eigenvalue weighted by Crippen LogP contribution is -2.40. The van der Waals surface area contributed by atoms with Crippen LogP contribution in [0.15, 0.2) is 42.5 Å². The Bertz CT molecular complexity index is 1020. The Balaban J connectivity index is 1.82. The molecule has 1 aliphatic rings. The monoisotopic (exact) mass is 379 g/mol. The minimum atomic E-state index is -0.364. The smallest absolute Gasteiger partial charge is 0.251 e. The average molecular weight is 379 g/mol. The van der Waals surface area contributed by atoms with Gasteiger partial charge >= 0.3 is 0 Å². The van der Waals surface area contributed by atoms with Crippen LogP contribution in [0.5, 0.6) is 0 Å². The number of aromatic nitrogens is 4. The third-order valence-corrected chi connectivity index (χ3v) is 4.53. The summed E-state index contributed by atoms with van der Waals surface area (Å²) in [5.74, 6) is 0.677. The molecule has 4 rings (SSSR count). The van der Waals surface area contributed by atoms with Crippen LogP contribution in [-0.2, 0) is 0 Å². The Morgan fingerprint density at radius 3 is 2.46 bits per heavy atom. The first kappa shape index (κ1) is 18.3. The van der Waals surface area contributed by atoms with Crippen LogP contribution < -0.4 is 5.32 Å². The van der Waals surface area contributed by atoms with Crippen LogP contribution in [0.1, 0.15) is 55.7 Å². The van der Waals surface area contributed by atoms with Crippen molar-refractivity contribution in [2.45, 2.75) is 45.1 Å². The molecule has 28 heavy (non-hydrogen) atoms. The van der Waals surface area contributed by atoms with Gasteiger partial charge < -0.3 is 5.32 Å². The second-order valence-electron chi connectivity index (χ2n) is 8.20. The summed E-state index contributed by atoms with van der Waals surface area (Å²) in [6.45, 7) is 5.80. The van der Waals surface area contributed by atoms with Gasteiger partial charge in [-0.05, 0) is 85.5 Å². The summed E-state index contributed by atoms with van der Waals surface area (Å²) in [6.07, 6.45) is 2.13. The van der Waals surface area contributed by atoms with E-state index in [1.807, 2.05) is 26.8 Å². The lowest BCUT2D eigenvalue weighted by atomic mass is 10.0. The van der Waals surface area contributed by atoms with E-state index < -0.39 is 0 Å². The number of hydrogen-bond acceptors (Lipinski definition) is 4. The third-order valence-electron chi connectivity index (χ3n) is 4.53. The van der Waals surface area contributed by atoms with Crippen molar-refractivity contribution < 1.29 is 9.18 Å². The Morgan fingerprint density at radius 1 is 1.11 bits per heavy atom. The summed E-state index contributed by atoms with van der Waals surface area (Å²) in [6, 6.07) is 11.7. The molecule has 2 aromatic carbocycles. The first-order chi connectivity index (χ1) is 13.3. The largest absolute Gasteiger partial charge is 0.347 e. The second kappa shape index (κ2) is 6.82. The zero-order chi connectivity index (χ0) is 19.9. The molecule has 1 heterocycles. The van der Waals surface area contributed by atoms with E-state index in [2.05, 4.69) is 20.8 Å². The first-order valence-electron chi connectivity index (χ1n) is 9.32. The number of benzene rings is 2. The number of carbonyl (C=O) groups is 1. The molecule has 1 N–H and O–H groups in total. The van der Waals surface area contributed by atoms with E-state index in [1.165, 1.54) is 12.1 Å². The van der Waals surface area contributed by atoms with Crippen LogP contribution in [0.25, 0.3) is 16.8 Å². The fourth-order valence-electron chi connectivity index (χ4n) is 3.06. The van der Waals surface area contributed by atoms with Crippen LogP contribution in [0.3, 0.4) is 0 Å². The van der Waals surface area contributed by atoms with Gasteiger partial charge in [0.2, 0.25) is 0 Å². The second-order valence-corrected chi connectivity index (χ2v) is 8.20. The van der Waals surface area contributed by atoms with Crippen LogP contribution >= 0.6 is 0 Å². The molecule has 0 unspecified atom stereocenters. The van der Waals surface area contributed by atoms with E-state index >= 15 is 0 Å². The Labute approximate surface area is 162 Å². The molecule has 1 aromatic heterocycles. The molecule has 0 bridgehead atoms. The predicted octanol–water partition coefficient (Wildman–Crippen LogP) is 3.87. The van der Waals surface area contributed by atoms with Crippen molar-refractivity contribution >= 4 is 5.91 Å². The number of halogens is 1. The number of nitrogens with zero attached hydrogens (tertiary/aromatic N) is 4. The number of amides is 1. The minimum Gasteiger partial charge on any atom is -0.347 e. The highest BCUT2D eigenvalue weighted by atomic mass is 19.1. The molecule has 0 spiro atoms. The number of tetrazole rings is 1. The van der Waals surface area contributed by atoms with E-state index in [1.54, 1.807) is 28.9 Å². The molecule has 1 amide bonds. The summed E-state index contributed by atoms with van der Waals surface area (Å²) in [5, 5.41) is 15.1. The van der Waals surface area contributed by atoms with E-state index in [0.29, 0.717) is 17.2 Å². The highest BCUT2D eigenvalue weighted by Gasteiger charge is 2.30. The normalized spacial score (nSPS) is 14.1. The summed E-state index contributed by atoms with van der Waals surface area (Å²) in [5.41, 5.74) is 2.47. The van der Waals surface area contributed by atoms with Gasteiger partial charge in [0.1, 0.15) is 5.82 Å². The molecule has 3 aromatic rings. The van der Waals surface area contributed by atoms with Gasteiger partial charge in [0.25, 0.3) is 5.91 Å². The molecule has 1 aliphatic carbocycles. The van der Waals surface area contributed by atoms with Crippen molar-refractivity contribution in [1.29, 1.82) is 0 Å².